The molecule has 5 nitrogen and oxygen atoms in total. The first-order valence-corrected chi connectivity index (χ1v) is 11.1. The summed E-state index contributed by atoms with van der Waals surface area (Å²) >= 11 is 6.06. The standard InChI is InChI=1S/C27H25ClN2O3/c1-3-7-19-10-15-24(25(18-19)32-2)33-17-6-16-30-26(20-11-13-21(28)14-12-20)29-23-9-5-4-8-22(23)27(30)31/h3-5,8-15,18H,1,6-7,16-17H2,2H3. The number of methoxy groups -OCH3 is 1. The van der Waals surface area contributed by atoms with Gasteiger partial charge in [0, 0.05) is 17.1 Å². The highest BCUT2D eigenvalue weighted by atomic mass is 35.5. The van der Waals surface area contributed by atoms with Gasteiger partial charge in [0.25, 0.3) is 5.56 Å². The van der Waals surface area contributed by atoms with Crippen molar-refractivity contribution in [2.24, 2.45) is 0 Å². The minimum Gasteiger partial charge on any atom is -0.493 e. The van der Waals surface area contributed by atoms with Gasteiger partial charge in [0.2, 0.25) is 0 Å². The molecule has 0 N–H and O–H groups in total. The van der Waals surface area contributed by atoms with Crippen molar-refractivity contribution in [3.05, 3.63) is 100 Å². The van der Waals surface area contributed by atoms with Gasteiger partial charge >= 0.3 is 0 Å². The lowest BCUT2D eigenvalue weighted by molar-refractivity contribution is 0.282. The Morgan fingerprint density at radius 2 is 1.85 bits per heavy atom. The fraction of sp³-hybridized carbons (Fsp3) is 0.185. The SMILES string of the molecule is C=CCc1ccc(OCCCn2c(-c3ccc(Cl)cc3)nc3ccccc3c2=O)c(OC)c1. The number of hydrogen-bond donors (Lipinski definition) is 0. The summed E-state index contributed by atoms with van der Waals surface area (Å²) in [6.45, 7) is 4.66. The molecule has 0 saturated heterocycles. The van der Waals surface area contributed by atoms with E-state index in [9.17, 15) is 4.79 Å². The van der Waals surface area contributed by atoms with Crippen molar-refractivity contribution in [2.75, 3.05) is 13.7 Å². The molecule has 0 aliphatic carbocycles. The van der Waals surface area contributed by atoms with Gasteiger partial charge in [-0.2, -0.15) is 0 Å². The summed E-state index contributed by atoms with van der Waals surface area (Å²) < 4.78 is 13.1. The zero-order valence-corrected chi connectivity index (χ0v) is 19.2. The largest absolute Gasteiger partial charge is 0.493 e. The van der Waals surface area contributed by atoms with E-state index in [-0.39, 0.29) is 5.56 Å². The van der Waals surface area contributed by atoms with Crippen LogP contribution in [0, 0.1) is 0 Å². The maximum atomic E-state index is 13.3. The molecule has 0 amide bonds. The monoisotopic (exact) mass is 460 g/mol. The number of allylic oxidation sites excluding steroid dienone is 1. The first-order valence-electron chi connectivity index (χ1n) is 10.8. The maximum absolute atomic E-state index is 13.3. The number of ether oxygens (including phenoxy) is 2. The molecule has 0 radical (unpaired) electrons. The van der Waals surface area contributed by atoms with Crippen LogP contribution < -0.4 is 15.0 Å². The van der Waals surface area contributed by atoms with Gasteiger partial charge in [-0.1, -0.05) is 35.9 Å². The van der Waals surface area contributed by atoms with Crippen molar-refractivity contribution in [2.45, 2.75) is 19.4 Å². The highest BCUT2D eigenvalue weighted by Crippen LogP contribution is 2.28. The summed E-state index contributed by atoms with van der Waals surface area (Å²) in [5.74, 6) is 1.97. The number of hydrogen-bond acceptors (Lipinski definition) is 4. The molecular formula is C27H25ClN2O3. The van der Waals surface area contributed by atoms with Crippen LogP contribution in [0.4, 0.5) is 0 Å². The van der Waals surface area contributed by atoms with E-state index in [0.717, 1.165) is 17.5 Å². The summed E-state index contributed by atoms with van der Waals surface area (Å²) in [5, 5.41) is 1.23. The Morgan fingerprint density at radius 3 is 2.61 bits per heavy atom. The van der Waals surface area contributed by atoms with E-state index >= 15 is 0 Å². The molecule has 168 valence electrons. The highest BCUT2D eigenvalue weighted by Gasteiger charge is 2.13. The summed E-state index contributed by atoms with van der Waals surface area (Å²) in [6, 6.07) is 20.6. The Labute approximate surface area is 197 Å². The zero-order chi connectivity index (χ0) is 23.2. The minimum absolute atomic E-state index is 0.0723. The van der Waals surface area contributed by atoms with E-state index in [4.69, 9.17) is 26.1 Å². The third-order valence-corrected chi connectivity index (χ3v) is 5.61. The van der Waals surface area contributed by atoms with Crippen molar-refractivity contribution < 1.29 is 9.47 Å². The molecule has 33 heavy (non-hydrogen) atoms. The fourth-order valence-electron chi connectivity index (χ4n) is 3.72. The molecular weight excluding hydrogens is 436 g/mol. The van der Waals surface area contributed by atoms with E-state index < -0.39 is 0 Å². The van der Waals surface area contributed by atoms with Gasteiger partial charge in [-0.25, -0.2) is 4.98 Å². The summed E-state index contributed by atoms with van der Waals surface area (Å²) in [4.78, 5) is 18.1. The van der Waals surface area contributed by atoms with E-state index in [1.807, 2.05) is 54.6 Å². The van der Waals surface area contributed by atoms with Crippen LogP contribution in [-0.4, -0.2) is 23.3 Å². The van der Waals surface area contributed by atoms with Crippen molar-refractivity contribution >= 4 is 22.5 Å². The van der Waals surface area contributed by atoms with Crippen LogP contribution >= 0.6 is 11.6 Å². The van der Waals surface area contributed by atoms with Gasteiger partial charge in [0.05, 0.1) is 24.6 Å². The molecule has 4 rings (SSSR count). The number of para-hydroxylation sites is 1. The molecule has 1 heterocycles. The minimum atomic E-state index is -0.0723. The average Bonchev–Trinajstić information content (AvgIpc) is 2.84. The smallest absolute Gasteiger partial charge is 0.261 e. The summed E-state index contributed by atoms with van der Waals surface area (Å²) in [5.41, 5.74) is 2.54. The predicted octanol–water partition coefficient (Wildman–Crippen LogP) is 5.92. The van der Waals surface area contributed by atoms with Crippen LogP contribution in [0.1, 0.15) is 12.0 Å². The summed E-state index contributed by atoms with van der Waals surface area (Å²) in [6.07, 6.45) is 3.24. The van der Waals surface area contributed by atoms with Crippen LogP contribution in [0.3, 0.4) is 0 Å². The zero-order valence-electron chi connectivity index (χ0n) is 18.5. The van der Waals surface area contributed by atoms with Gasteiger partial charge in [-0.3, -0.25) is 9.36 Å². The van der Waals surface area contributed by atoms with Crippen LogP contribution in [0.15, 0.2) is 84.2 Å². The molecule has 3 aromatic carbocycles. The molecule has 1 aromatic heterocycles. The van der Waals surface area contributed by atoms with Crippen LogP contribution in [0.25, 0.3) is 22.3 Å². The second-order valence-corrected chi connectivity index (χ2v) is 8.03. The van der Waals surface area contributed by atoms with E-state index in [0.29, 0.717) is 52.8 Å². The second kappa shape index (κ2) is 10.4. The van der Waals surface area contributed by atoms with Crippen molar-refractivity contribution in [3.8, 4) is 22.9 Å². The molecule has 0 unspecified atom stereocenters. The molecule has 0 bridgehead atoms. The first kappa shape index (κ1) is 22.6. The van der Waals surface area contributed by atoms with Gasteiger partial charge in [-0.05, 0) is 66.9 Å². The molecule has 0 aliphatic heterocycles. The lowest BCUT2D eigenvalue weighted by Gasteiger charge is -2.15. The molecule has 0 atom stereocenters. The highest BCUT2D eigenvalue weighted by molar-refractivity contribution is 6.30. The van der Waals surface area contributed by atoms with Crippen LogP contribution in [-0.2, 0) is 13.0 Å². The Bertz CT molecular complexity index is 1330. The average molecular weight is 461 g/mol. The van der Waals surface area contributed by atoms with Crippen LogP contribution in [0.2, 0.25) is 5.02 Å². The number of fused-ring (bicyclic) bond motifs is 1. The van der Waals surface area contributed by atoms with Crippen LogP contribution in [0.5, 0.6) is 11.5 Å². The van der Waals surface area contributed by atoms with Crippen molar-refractivity contribution in [1.29, 1.82) is 0 Å². The van der Waals surface area contributed by atoms with Gasteiger partial charge in [-0.15, -0.1) is 6.58 Å². The Kier molecular flexibility index (Phi) is 7.10. The summed E-state index contributed by atoms with van der Waals surface area (Å²) in [7, 11) is 1.62. The van der Waals surface area contributed by atoms with Gasteiger partial charge in [0.15, 0.2) is 11.5 Å². The quantitative estimate of drug-likeness (QED) is 0.230. The van der Waals surface area contributed by atoms with Crippen molar-refractivity contribution in [1.82, 2.24) is 9.55 Å². The lowest BCUT2D eigenvalue weighted by atomic mass is 10.1. The normalized spacial score (nSPS) is 10.8. The third-order valence-electron chi connectivity index (χ3n) is 5.36. The number of rotatable bonds is 9. The topological polar surface area (TPSA) is 53.4 Å². The van der Waals surface area contributed by atoms with E-state index in [1.165, 1.54) is 0 Å². The van der Waals surface area contributed by atoms with E-state index in [1.54, 1.807) is 29.9 Å². The number of halogens is 1. The molecule has 6 heteroatoms. The fourth-order valence-corrected chi connectivity index (χ4v) is 3.85. The van der Waals surface area contributed by atoms with Gasteiger partial charge < -0.3 is 9.47 Å². The second-order valence-electron chi connectivity index (χ2n) is 7.60. The Hall–Kier alpha value is -3.57. The van der Waals surface area contributed by atoms with Gasteiger partial charge in [0.1, 0.15) is 5.82 Å². The third kappa shape index (κ3) is 5.10. The van der Waals surface area contributed by atoms with E-state index in [2.05, 4.69) is 6.58 Å². The Morgan fingerprint density at radius 1 is 1.06 bits per heavy atom. The number of benzene rings is 3. The lowest BCUT2D eigenvalue weighted by Crippen LogP contribution is -2.24. The molecule has 4 aromatic rings. The first-order chi connectivity index (χ1) is 16.1. The molecule has 0 aliphatic rings. The predicted molar refractivity (Wildman–Crippen MR) is 133 cm³/mol. The maximum Gasteiger partial charge on any atom is 0.261 e. The van der Waals surface area contributed by atoms with Crippen molar-refractivity contribution in [3.63, 3.8) is 0 Å². The number of aromatic nitrogens is 2. The number of nitrogens with zero attached hydrogens (tertiary/aromatic N) is 2. The molecule has 0 saturated carbocycles. The Balaban J connectivity index is 1.57. The molecule has 0 fully saturated rings. The molecule has 0 spiro atoms.